The molecule has 0 atom stereocenters. The highest BCUT2D eigenvalue weighted by Gasteiger charge is 2.06. The van der Waals surface area contributed by atoms with Crippen molar-refractivity contribution in [2.75, 3.05) is 6.26 Å². The molecule has 4 nitrogen and oxygen atoms in total. The van der Waals surface area contributed by atoms with Crippen molar-refractivity contribution >= 4 is 29.1 Å². The van der Waals surface area contributed by atoms with Crippen LogP contribution in [0.15, 0.2) is 24.3 Å². The van der Waals surface area contributed by atoms with Crippen LogP contribution in [0.5, 0.6) is 0 Å². The van der Waals surface area contributed by atoms with Crippen LogP contribution >= 0.6 is 11.8 Å². The predicted octanol–water partition coefficient (Wildman–Crippen LogP) is 1.65. The van der Waals surface area contributed by atoms with Crippen LogP contribution in [0.1, 0.15) is 0 Å². The van der Waals surface area contributed by atoms with Gasteiger partial charge in [0.1, 0.15) is 23.2 Å². The molecule has 0 spiro atoms. The minimum atomic E-state index is 0.800. The van der Waals surface area contributed by atoms with Crippen molar-refractivity contribution in [2.45, 2.75) is 5.03 Å². The molecule has 2 aromatic rings. The van der Waals surface area contributed by atoms with Gasteiger partial charge in [0, 0.05) is 6.20 Å². The molecule has 2 rings (SSSR count). The van der Waals surface area contributed by atoms with Gasteiger partial charge in [-0.15, -0.1) is 11.8 Å². The van der Waals surface area contributed by atoms with Crippen LogP contribution < -0.4 is 0 Å². The molecule has 0 aliphatic rings. The lowest BCUT2D eigenvalue weighted by atomic mass is 10.5. The number of hydrogen-bond donors (Lipinski definition) is 0. The summed E-state index contributed by atoms with van der Waals surface area (Å²) in [7, 11) is 0. The number of thioether (sulfide) groups is 1. The normalized spacial score (nSPS) is 10.5. The van der Waals surface area contributed by atoms with Crippen LogP contribution in [0.3, 0.4) is 0 Å². The second kappa shape index (κ2) is 3.18. The van der Waals surface area contributed by atoms with Crippen molar-refractivity contribution in [3.05, 3.63) is 19.2 Å². The van der Waals surface area contributed by atoms with Gasteiger partial charge in [-0.05, 0) is 6.26 Å². The number of rotatable bonds is 2. The average Bonchev–Trinajstić information content (AvgIpc) is 2.60. The largest absolute Gasteiger partial charge is 0.291 e. The maximum Gasteiger partial charge on any atom is 0.168 e. The smallest absolute Gasteiger partial charge is 0.168 e. The van der Waals surface area contributed by atoms with E-state index in [2.05, 4.69) is 21.5 Å². The Labute approximate surface area is 79.7 Å². The summed E-state index contributed by atoms with van der Waals surface area (Å²) >= 11 is 1.56. The van der Waals surface area contributed by atoms with E-state index in [1.165, 1.54) is 6.33 Å². The van der Waals surface area contributed by atoms with E-state index in [0.717, 1.165) is 16.2 Å². The second-order valence-electron chi connectivity index (χ2n) is 2.39. The third-order valence-corrected chi connectivity index (χ3v) is 2.40. The summed E-state index contributed by atoms with van der Waals surface area (Å²) in [5.41, 5.74) is 1.63. The van der Waals surface area contributed by atoms with E-state index >= 15 is 0 Å². The van der Waals surface area contributed by atoms with Gasteiger partial charge in [-0.3, -0.25) is 4.57 Å². The monoisotopic (exact) mass is 192 g/mol. The Morgan fingerprint density at radius 2 is 2.31 bits per heavy atom. The highest BCUT2D eigenvalue weighted by Crippen LogP contribution is 2.20. The van der Waals surface area contributed by atoms with Gasteiger partial charge in [0.25, 0.3) is 0 Å². The van der Waals surface area contributed by atoms with Gasteiger partial charge in [0.05, 0.1) is 0 Å². The molecule has 2 heterocycles. The van der Waals surface area contributed by atoms with Crippen molar-refractivity contribution in [3.8, 4) is 0 Å². The molecule has 2 aromatic heterocycles. The van der Waals surface area contributed by atoms with E-state index in [4.69, 9.17) is 0 Å². The van der Waals surface area contributed by atoms with Crippen LogP contribution in [0.4, 0.5) is 0 Å². The molecule has 66 valence electrons. The molecular weight excluding hydrogens is 184 g/mol. The Hall–Kier alpha value is -1.36. The number of fused-ring (bicyclic) bond motifs is 1. The summed E-state index contributed by atoms with van der Waals surface area (Å²) < 4.78 is 1.77. The Kier molecular flexibility index (Phi) is 2.02. The van der Waals surface area contributed by atoms with Crippen molar-refractivity contribution in [3.63, 3.8) is 0 Å². The molecule has 5 heteroatoms. The maximum absolute atomic E-state index is 4.21. The zero-order valence-corrected chi connectivity index (χ0v) is 7.95. The lowest BCUT2D eigenvalue weighted by molar-refractivity contribution is 1.07. The van der Waals surface area contributed by atoms with Gasteiger partial charge < -0.3 is 0 Å². The SMILES string of the molecule is C=Cn1cnc2c(SC)ncnc21. The summed E-state index contributed by atoms with van der Waals surface area (Å²) in [6.45, 7) is 3.66. The Balaban J connectivity index is 2.79. The van der Waals surface area contributed by atoms with Crippen molar-refractivity contribution in [2.24, 2.45) is 0 Å². The summed E-state index contributed by atoms with van der Waals surface area (Å²) in [5.74, 6) is 0. The number of imidazole rings is 1. The minimum absolute atomic E-state index is 0.800. The van der Waals surface area contributed by atoms with Crippen LogP contribution in [0.2, 0.25) is 0 Å². The molecule has 13 heavy (non-hydrogen) atoms. The van der Waals surface area contributed by atoms with E-state index in [1.54, 1.807) is 28.9 Å². The molecule has 0 amide bonds. The van der Waals surface area contributed by atoms with E-state index in [1.807, 2.05) is 6.26 Å². The molecule has 0 aromatic carbocycles. The molecule has 0 fully saturated rings. The lowest BCUT2D eigenvalue weighted by Gasteiger charge is -1.96. The number of nitrogens with zero attached hydrogens (tertiary/aromatic N) is 4. The highest BCUT2D eigenvalue weighted by atomic mass is 32.2. The Morgan fingerprint density at radius 3 is 3.00 bits per heavy atom. The van der Waals surface area contributed by atoms with E-state index in [9.17, 15) is 0 Å². The minimum Gasteiger partial charge on any atom is -0.291 e. The van der Waals surface area contributed by atoms with E-state index < -0.39 is 0 Å². The van der Waals surface area contributed by atoms with Crippen LogP contribution in [0, 0.1) is 0 Å². The number of aromatic nitrogens is 4. The number of hydrogen-bond acceptors (Lipinski definition) is 4. The van der Waals surface area contributed by atoms with Gasteiger partial charge in [0.15, 0.2) is 5.65 Å². The maximum atomic E-state index is 4.21. The Morgan fingerprint density at radius 1 is 1.46 bits per heavy atom. The molecule has 0 bridgehead atoms. The van der Waals surface area contributed by atoms with Gasteiger partial charge in [-0.2, -0.15) is 0 Å². The first-order valence-corrected chi connectivity index (χ1v) is 4.93. The average molecular weight is 192 g/mol. The summed E-state index contributed by atoms with van der Waals surface area (Å²) in [4.78, 5) is 12.4. The summed E-state index contributed by atoms with van der Waals surface area (Å²) in [5, 5.41) is 0.894. The summed E-state index contributed by atoms with van der Waals surface area (Å²) in [6.07, 6.45) is 6.86. The van der Waals surface area contributed by atoms with Gasteiger partial charge >= 0.3 is 0 Å². The standard InChI is InChI=1S/C8H8N4S/c1-3-12-5-11-6-7(12)9-4-10-8(6)13-2/h3-5H,1H2,2H3. The summed E-state index contributed by atoms with van der Waals surface area (Å²) in [6, 6.07) is 0. The fourth-order valence-corrected chi connectivity index (χ4v) is 1.60. The van der Waals surface area contributed by atoms with Gasteiger partial charge in [-0.1, -0.05) is 6.58 Å². The first-order valence-electron chi connectivity index (χ1n) is 3.71. The fourth-order valence-electron chi connectivity index (χ4n) is 1.11. The third kappa shape index (κ3) is 1.21. The topological polar surface area (TPSA) is 43.6 Å². The van der Waals surface area contributed by atoms with Crippen LogP contribution in [0.25, 0.3) is 17.4 Å². The second-order valence-corrected chi connectivity index (χ2v) is 3.18. The quantitative estimate of drug-likeness (QED) is 0.536. The molecule has 0 saturated carbocycles. The lowest BCUT2D eigenvalue weighted by Crippen LogP contribution is -1.88. The van der Waals surface area contributed by atoms with Crippen LogP contribution in [-0.2, 0) is 0 Å². The van der Waals surface area contributed by atoms with Crippen molar-refractivity contribution in [1.82, 2.24) is 19.5 Å². The Bertz CT molecular complexity index is 448. The molecular formula is C8H8N4S. The fraction of sp³-hybridized carbons (Fsp3) is 0.125. The molecule has 0 saturated heterocycles. The first kappa shape index (κ1) is 8.25. The molecule has 0 unspecified atom stereocenters. The first-order chi connectivity index (χ1) is 6.36. The highest BCUT2D eigenvalue weighted by molar-refractivity contribution is 7.98. The third-order valence-electron chi connectivity index (χ3n) is 1.72. The van der Waals surface area contributed by atoms with Crippen LogP contribution in [-0.4, -0.2) is 25.8 Å². The molecule has 0 aliphatic heterocycles. The molecule has 0 aliphatic carbocycles. The van der Waals surface area contributed by atoms with E-state index in [0.29, 0.717) is 0 Å². The zero-order chi connectivity index (χ0) is 9.26. The van der Waals surface area contributed by atoms with Gasteiger partial charge in [0.2, 0.25) is 0 Å². The molecule has 0 N–H and O–H groups in total. The predicted molar refractivity (Wildman–Crippen MR) is 53.5 cm³/mol. The van der Waals surface area contributed by atoms with Crippen molar-refractivity contribution < 1.29 is 0 Å². The van der Waals surface area contributed by atoms with E-state index in [-0.39, 0.29) is 0 Å². The molecule has 0 radical (unpaired) electrons. The zero-order valence-electron chi connectivity index (χ0n) is 7.14. The van der Waals surface area contributed by atoms with Gasteiger partial charge in [-0.25, -0.2) is 15.0 Å². The van der Waals surface area contributed by atoms with Crippen molar-refractivity contribution in [1.29, 1.82) is 0 Å².